The van der Waals surface area contributed by atoms with Crippen LogP contribution in [0.1, 0.15) is 31.0 Å². The summed E-state index contributed by atoms with van der Waals surface area (Å²) in [5.74, 6) is -1.09. The fourth-order valence-electron chi connectivity index (χ4n) is 5.77. The third-order valence-electron chi connectivity index (χ3n) is 7.86. The maximum absolute atomic E-state index is 13.2. The van der Waals surface area contributed by atoms with Crippen molar-refractivity contribution >= 4 is 23.6 Å². The highest BCUT2D eigenvalue weighted by molar-refractivity contribution is 6.09. The van der Waals surface area contributed by atoms with Crippen molar-refractivity contribution in [2.45, 2.75) is 32.5 Å². The first-order valence-electron chi connectivity index (χ1n) is 12.5. The fourth-order valence-corrected chi connectivity index (χ4v) is 5.77. The van der Waals surface area contributed by atoms with Crippen molar-refractivity contribution in [3.8, 4) is 11.1 Å². The number of carboxylic acid groups (broad SMARTS) is 1. The zero-order valence-corrected chi connectivity index (χ0v) is 21.0. The Hall–Kier alpha value is -4.65. The van der Waals surface area contributed by atoms with Crippen molar-refractivity contribution < 1.29 is 24.2 Å². The first-order valence-corrected chi connectivity index (χ1v) is 12.5. The van der Waals surface area contributed by atoms with Crippen molar-refractivity contribution in [1.82, 2.24) is 4.90 Å². The lowest BCUT2D eigenvalue weighted by Gasteiger charge is -2.26. The molecule has 0 aromatic heterocycles. The molecule has 2 heterocycles. The van der Waals surface area contributed by atoms with Crippen LogP contribution in [0.25, 0.3) is 11.1 Å². The Morgan fingerprint density at radius 3 is 2.26 bits per heavy atom. The fraction of sp³-hybridized carbons (Fsp3) is 0.194. The van der Waals surface area contributed by atoms with Crippen molar-refractivity contribution in [2.24, 2.45) is 5.92 Å². The third kappa shape index (κ3) is 3.62. The summed E-state index contributed by atoms with van der Waals surface area (Å²) in [5.41, 5.74) is 6.27. The van der Waals surface area contributed by atoms with Gasteiger partial charge in [-0.15, -0.1) is 0 Å². The number of amides is 3. The van der Waals surface area contributed by atoms with E-state index in [2.05, 4.69) is 0 Å². The number of likely N-dealkylation sites (tertiary alicyclic amines) is 1. The van der Waals surface area contributed by atoms with Crippen molar-refractivity contribution in [2.75, 3.05) is 4.90 Å². The van der Waals surface area contributed by atoms with Gasteiger partial charge in [0.25, 0.3) is 11.8 Å². The zero-order chi connectivity index (χ0) is 26.6. The van der Waals surface area contributed by atoms with Gasteiger partial charge in [0.1, 0.15) is 0 Å². The van der Waals surface area contributed by atoms with Crippen molar-refractivity contribution in [3.63, 3.8) is 0 Å². The van der Waals surface area contributed by atoms with E-state index in [9.17, 15) is 19.5 Å². The lowest BCUT2D eigenvalue weighted by Crippen LogP contribution is -2.36. The number of nitrogens with zero attached hydrogens (tertiary/aromatic N) is 2. The molecule has 3 aliphatic rings. The van der Waals surface area contributed by atoms with Crippen LogP contribution in [0.4, 0.5) is 10.5 Å². The standard InChI is InChI=1S/C31H26N2O5/c1-18-19(2)30(32(28(18)34)23-14-12-21(13-15-23)20-8-4-3-5-9-20)38-17-26-25-16-22-10-6-7-11-24(22)27(25)33(29(26)35)31(36)37/h3-15,17,25,27,30H,16H2,1-2H3,(H,36,37). The predicted octanol–water partition coefficient (Wildman–Crippen LogP) is 5.70. The summed E-state index contributed by atoms with van der Waals surface area (Å²) in [7, 11) is 0. The Labute approximate surface area is 220 Å². The van der Waals surface area contributed by atoms with E-state index < -0.39 is 24.3 Å². The van der Waals surface area contributed by atoms with Gasteiger partial charge in [0.2, 0.25) is 6.23 Å². The van der Waals surface area contributed by atoms with Gasteiger partial charge in [0.05, 0.1) is 17.9 Å². The molecule has 38 heavy (non-hydrogen) atoms. The predicted molar refractivity (Wildman–Crippen MR) is 142 cm³/mol. The van der Waals surface area contributed by atoms with Crippen LogP contribution in [-0.4, -0.2) is 34.1 Å². The number of carbonyl (C=O) groups excluding carboxylic acids is 2. The maximum Gasteiger partial charge on any atom is 0.414 e. The number of imide groups is 1. The molecule has 6 rings (SSSR count). The van der Waals surface area contributed by atoms with E-state index in [-0.39, 0.29) is 11.8 Å². The summed E-state index contributed by atoms with van der Waals surface area (Å²) in [6.45, 7) is 3.60. The molecule has 3 unspecified atom stereocenters. The van der Waals surface area contributed by atoms with Crippen LogP contribution in [0.2, 0.25) is 0 Å². The summed E-state index contributed by atoms with van der Waals surface area (Å²) >= 11 is 0. The lowest BCUT2D eigenvalue weighted by atomic mass is 9.97. The molecule has 0 saturated carbocycles. The van der Waals surface area contributed by atoms with Crippen molar-refractivity contribution in [1.29, 1.82) is 0 Å². The van der Waals surface area contributed by atoms with E-state index >= 15 is 0 Å². The molecule has 1 N–H and O–H groups in total. The van der Waals surface area contributed by atoms with Gasteiger partial charge in [-0.25, -0.2) is 9.69 Å². The number of benzene rings is 3. The number of hydrogen-bond acceptors (Lipinski definition) is 4. The molecule has 7 heteroatoms. The Bertz CT molecular complexity index is 1520. The molecule has 3 atom stereocenters. The molecule has 0 spiro atoms. The minimum Gasteiger partial charge on any atom is -0.473 e. The quantitative estimate of drug-likeness (QED) is 0.363. The average Bonchev–Trinajstić information content (AvgIpc) is 3.50. The van der Waals surface area contributed by atoms with Crippen LogP contribution in [0.15, 0.2) is 102 Å². The van der Waals surface area contributed by atoms with Crippen LogP contribution < -0.4 is 4.90 Å². The second kappa shape index (κ2) is 9.03. The van der Waals surface area contributed by atoms with Crippen LogP contribution >= 0.6 is 0 Å². The molecule has 1 saturated heterocycles. The third-order valence-corrected chi connectivity index (χ3v) is 7.86. The number of hydrogen-bond donors (Lipinski definition) is 1. The molecular weight excluding hydrogens is 480 g/mol. The number of anilines is 1. The summed E-state index contributed by atoms with van der Waals surface area (Å²) in [5, 5.41) is 9.84. The second-order valence-corrected chi connectivity index (χ2v) is 9.87. The minimum atomic E-state index is -1.28. The molecule has 7 nitrogen and oxygen atoms in total. The summed E-state index contributed by atoms with van der Waals surface area (Å²) in [6, 6.07) is 24.7. The van der Waals surface area contributed by atoms with Crippen LogP contribution in [-0.2, 0) is 20.7 Å². The molecule has 3 amide bonds. The molecule has 3 aromatic rings. The van der Waals surface area contributed by atoms with Gasteiger partial charge in [-0.2, -0.15) is 0 Å². The summed E-state index contributed by atoms with van der Waals surface area (Å²) < 4.78 is 6.17. The Balaban J connectivity index is 1.31. The Kier molecular flexibility index (Phi) is 5.64. The highest BCUT2D eigenvalue weighted by atomic mass is 16.5. The summed E-state index contributed by atoms with van der Waals surface area (Å²) in [6.07, 6.45) is -0.104. The molecule has 0 bridgehead atoms. The molecule has 3 aromatic carbocycles. The van der Waals surface area contributed by atoms with Crippen LogP contribution in [0.5, 0.6) is 0 Å². The molecule has 1 fully saturated rings. The van der Waals surface area contributed by atoms with Gasteiger partial charge in [-0.05, 0) is 60.2 Å². The minimum absolute atomic E-state index is 0.172. The topological polar surface area (TPSA) is 87.2 Å². The molecular formula is C31H26N2O5. The van der Waals surface area contributed by atoms with E-state index in [0.717, 1.165) is 32.7 Å². The monoisotopic (exact) mass is 506 g/mol. The lowest BCUT2D eigenvalue weighted by molar-refractivity contribution is -0.124. The van der Waals surface area contributed by atoms with E-state index in [1.54, 1.807) is 11.8 Å². The van der Waals surface area contributed by atoms with E-state index in [1.807, 2.05) is 85.8 Å². The van der Waals surface area contributed by atoms with Gasteiger partial charge in [-0.3, -0.25) is 14.5 Å². The van der Waals surface area contributed by atoms with Gasteiger partial charge in [-0.1, -0.05) is 66.7 Å². The Morgan fingerprint density at radius 1 is 0.895 bits per heavy atom. The van der Waals surface area contributed by atoms with Crippen LogP contribution in [0.3, 0.4) is 0 Å². The highest BCUT2D eigenvalue weighted by Gasteiger charge is 2.52. The zero-order valence-electron chi connectivity index (χ0n) is 21.0. The van der Waals surface area contributed by atoms with Gasteiger partial charge in [0.15, 0.2) is 0 Å². The normalized spacial score (nSPS) is 23.3. The average molecular weight is 507 g/mol. The van der Waals surface area contributed by atoms with E-state index in [0.29, 0.717) is 23.3 Å². The van der Waals surface area contributed by atoms with E-state index in [1.165, 1.54) is 6.26 Å². The van der Waals surface area contributed by atoms with Crippen molar-refractivity contribution in [3.05, 3.63) is 113 Å². The van der Waals surface area contributed by atoms with Gasteiger partial charge in [0, 0.05) is 17.2 Å². The number of ether oxygens (including phenoxy) is 1. The smallest absolute Gasteiger partial charge is 0.414 e. The second-order valence-electron chi connectivity index (χ2n) is 9.87. The first kappa shape index (κ1) is 23.7. The van der Waals surface area contributed by atoms with Gasteiger partial charge < -0.3 is 9.84 Å². The number of rotatable bonds is 4. The van der Waals surface area contributed by atoms with Gasteiger partial charge >= 0.3 is 6.09 Å². The van der Waals surface area contributed by atoms with Crippen LogP contribution in [0, 0.1) is 5.92 Å². The summed E-state index contributed by atoms with van der Waals surface area (Å²) in [4.78, 5) is 41.0. The highest BCUT2D eigenvalue weighted by Crippen LogP contribution is 2.49. The first-order chi connectivity index (χ1) is 18.4. The number of fused-ring (bicyclic) bond motifs is 3. The molecule has 2 aliphatic heterocycles. The largest absolute Gasteiger partial charge is 0.473 e. The molecule has 1 aliphatic carbocycles. The van der Waals surface area contributed by atoms with E-state index in [4.69, 9.17) is 4.74 Å². The molecule has 190 valence electrons. The SMILES string of the molecule is CC1=C(C)C(OC=C2C(=O)N(C(=O)O)C3c4ccccc4CC23)N(c2ccc(-c3ccccc3)cc2)C1=O. The maximum atomic E-state index is 13.2. The molecule has 0 radical (unpaired) electrons. The Morgan fingerprint density at radius 2 is 1.55 bits per heavy atom. The number of carbonyl (C=O) groups is 3.